The Morgan fingerprint density at radius 3 is 2.53 bits per heavy atom. The van der Waals surface area contributed by atoms with Gasteiger partial charge in [-0.25, -0.2) is 0 Å². The van der Waals surface area contributed by atoms with Gasteiger partial charge in [0, 0.05) is 6.04 Å². The van der Waals surface area contributed by atoms with E-state index >= 15 is 0 Å². The molecule has 1 saturated carbocycles. The minimum absolute atomic E-state index is 0.0280. The lowest BCUT2D eigenvalue weighted by molar-refractivity contribution is 0.0175. The van der Waals surface area contributed by atoms with E-state index in [1.807, 2.05) is 0 Å². The van der Waals surface area contributed by atoms with Crippen molar-refractivity contribution in [2.24, 2.45) is 5.92 Å². The van der Waals surface area contributed by atoms with Crippen LogP contribution in [0, 0.1) is 5.92 Å². The summed E-state index contributed by atoms with van der Waals surface area (Å²) in [6, 6.07) is 0.680. The molecule has 2 fully saturated rings. The van der Waals surface area contributed by atoms with Crippen LogP contribution in [0.2, 0.25) is 0 Å². The van der Waals surface area contributed by atoms with Crippen molar-refractivity contribution >= 4 is 0 Å². The summed E-state index contributed by atoms with van der Waals surface area (Å²) in [7, 11) is 0. The standard InChI is InChI=1S/C13H25NO/c1-2-11-6-7-12(15)10-13(11)14-8-4-3-5-9-14/h11-13,15H,2-10H2,1H3. The Labute approximate surface area is 93.7 Å². The van der Waals surface area contributed by atoms with Crippen LogP contribution in [0.15, 0.2) is 0 Å². The average Bonchev–Trinajstić information content (AvgIpc) is 2.30. The maximum atomic E-state index is 9.80. The molecule has 0 aromatic carbocycles. The zero-order valence-electron chi connectivity index (χ0n) is 9.99. The van der Waals surface area contributed by atoms with E-state index in [-0.39, 0.29) is 6.10 Å². The van der Waals surface area contributed by atoms with Gasteiger partial charge in [-0.2, -0.15) is 0 Å². The molecule has 2 aliphatic rings. The van der Waals surface area contributed by atoms with Gasteiger partial charge in [0.2, 0.25) is 0 Å². The number of hydrogen-bond acceptors (Lipinski definition) is 2. The number of aliphatic hydroxyl groups is 1. The molecule has 1 N–H and O–H groups in total. The first-order chi connectivity index (χ1) is 7.31. The first-order valence-corrected chi connectivity index (χ1v) is 6.73. The molecule has 0 bridgehead atoms. The van der Waals surface area contributed by atoms with Gasteiger partial charge in [-0.15, -0.1) is 0 Å². The minimum atomic E-state index is -0.0280. The summed E-state index contributed by atoms with van der Waals surface area (Å²) in [5.74, 6) is 0.839. The number of likely N-dealkylation sites (tertiary alicyclic amines) is 1. The second kappa shape index (κ2) is 5.31. The molecular formula is C13H25NO. The Balaban J connectivity index is 1.95. The van der Waals surface area contributed by atoms with Crippen LogP contribution in [-0.2, 0) is 0 Å². The lowest BCUT2D eigenvalue weighted by atomic mass is 9.80. The Bertz CT molecular complexity index is 189. The number of nitrogens with zero attached hydrogens (tertiary/aromatic N) is 1. The molecule has 1 heterocycles. The van der Waals surface area contributed by atoms with Gasteiger partial charge in [-0.1, -0.05) is 19.8 Å². The van der Waals surface area contributed by atoms with Crippen molar-refractivity contribution in [1.29, 1.82) is 0 Å². The Morgan fingerprint density at radius 2 is 1.87 bits per heavy atom. The first-order valence-electron chi connectivity index (χ1n) is 6.73. The van der Waals surface area contributed by atoms with Crippen molar-refractivity contribution in [1.82, 2.24) is 4.90 Å². The third-order valence-electron chi connectivity index (χ3n) is 4.31. The van der Waals surface area contributed by atoms with Gasteiger partial charge in [0.15, 0.2) is 0 Å². The molecule has 1 aliphatic carbocycles. The SMILES string of the molecule is CCC1CCC(O)CC1N1CCCCC1. The van der Waals surface area contributed by atoms with E-state index in [1.165, 1.54) is 45.2 Å². The zero-order chi connectivity index (χ0) is 10.7. The van der Waals surface area contributed by atoms with Gasteiger partial charge in [-0.05, 0) is 51.1 Å². The number of piperidine rings is 1. The van der Waals surface area contributed by atoms with Crippen molar-refractivity contribution in [3.63, 3.8) is 0 Å². The molecule has 0 radical (unpaired) electrons. The van der Waals surface area contributed by atoms with Gasteiger partial charge >= 0.3 is 0 Å². The van der Waals surface area contributed by atoms with E-state index in [9.17, 15) is 5.11 Å². The lowest BCUT2D eigenvalue weighted by Crippen LogP contribution is -2.47. The number of rotatable bonds is 2. The summed E-state index contributed by atoms with van der Waals surface area (Å²) in [5.41, 5.74) is 0. The number of aliphatic hydroxyl groups excluding tert-OH is 1. The predicted octanol–water partition coefficient (Wildman–Crippen LogP) is 2.41. The first kappa shape index (κ1) is 11.4. The fraction of sp³-hybridized carbons (Fsp3) is 1.00. The molecule has 15 heavy (non-hydrogen) atoms. The highest BCUT2D eigenvalue weighted by Gasteiger charge is 2.32. The molecule has 1 saturated heterocycles. The second-order valence-corrected chi connectivity index (χ2v) is 5.30. The van der Waals surface area contributed by atoms with Gasteiger partial charge in [-0.3, -0.25) is 0 Å². The van der Waals surface area contributed by atoms with Crippen molar-refractivity contribution < 1.29 is 5.11 Å². The van der Waals surface area contributed by atoms with E-state index < -0.39 is 0 Å². The topological polar surface area (TPSA) is 23.5 Å². The normalized spacial score (nSPS) is 39.2. The summed E-state index contributed by atoms with van der Waals surface area (Å²) in [4.78, 5) is 2.65. The van der Waals surface area contributed by atoms with Crippen LogP contribution < -0.4 is 0 Å². The summed E-state index contributed by atoms with van der Waals surface area (Å²) in [5, 5.41) is 9.80. The van der Waals surface area contributed by atoms with Gasteiger partial charge in [0.05, 0.1) is 6.10 Å². The van der Waals surface area contributed by atoms with Crippen LogP contribution in [-0.4, -0.2) is 35.2 Å². The second-order valence-electron chi connectivity index (χ2n) is 5.30. The molecule has 2 nitrogen and oxygen atoms in total. The smallest absolute Gasteiger partial charge is 0.0555 e. The molecule has 1 aliphatic heterocycles. The fourth-order valence-corrected chi connectivity index (χ4v) is 3.36. The molecule has 2 heteroatoms. The summed E-state index contributed by atoms with van der Waals surface area (Å²) in [6.45, 7) is 4.85. The molecule has 3 atom stereocenters. The molecule has 0 aromatic heterocycles. The summed E-state index contributed by atoms with van der Waals surface area (Å²) in [6.07, 6.45) is 8.68. The highest BCUT2D eigenvalue weighted by Crippen LogP contribution is 2.32. The molecule has 3 unspecified atom stereocenters. The van der Waals surface area contributed by atoms with Crippen molar-refractivity contribution in [3.05, 3.63) is 0 Å². The lowest BCUT2D eigenvalue weighted by Gasteiger charge is -2.43. The van der Waals surface area contributed by atoms with E-state index in [0.29, 0.717) is 6.04 Å². The highest BCUT2D eigenvalue weighted by molar-refractivity contribution is 4.87. The molecule has 2 rings (SSSR count). The monoisotopic (exact) mass is 211 g/mol. The van der Waals surface area contributed by atoms with Crippen molar-refractivity contribution in [2.45, 2.75) is 64.0 Å². The molecular weight excluding hydrogens is 186 g/mol. The summed E-state index contributed by atoms with van der Waals surface area (Å²) >= 11 is 0. The van der Waals surface area contributed by atoms with Crippen molar-refractivity contribution in [2.75, 3.05) is 13.1 Å². The fourth-order valence-electron chi connectivity index (χ4n) is 3.36. The number of hydrogen-bond donors (Lipinski definition) is 1. The van der Waals surface area contributed by atoms with Crippen LogP contribution in [0.5, 0.6) is 0 Å². The molecule has 0 amide bonds. The Hall–Kier alpha value is -0.0800. The van der Waals surface area contributed by atoms with Gasteiger partial charge in [0.1, 0.15) is 0 Å². The molecule has 0 aromatic rings. The minimum Gasteiger partial charge on any atom is -0.393 e. The van der Waals surface area contributed by atoms with Crippen molar-refractivity contribution in [3.8, 4) is 0 Å². The molecule has 0 spiro atoms. The maximum Gasteiger partial charge on any atom is 0.0555 e. The average molecular weight is 211 g/mol. The van der Waals surface area contributed by atoms with Crippen LogP contribution in [0.3, 0.4) is 0 Å². The molecule has 88 valence electrons. The maximum absolute atomic E-state index is 9.80. The summed E-state index contributed by atoms with van der Waals surface area (Å²) < 4.78 is 0. The van der Waals surface area contributed by atoms with Crippen LogP contribution >= 0.6 is 0 Å². The highest BCUT2D eigenvalue weighted by atomic mass is 16.3. The van der Waals surface area contributed by atoms with Crippen LogP contribution in [0.4, 0.5) is 0 Å². The van der Waals surface area contributed by atoms with Crippen LogP contribution in [0.25, 0.3) is 0 Å². The van der Waals surface area contributed by atoms with E-state index in [0.717, 1.165) is 18.8 Å². The van der Waals surface area contributed by atoms with Crippen LogP contribution in [0.1, 0.15) is 51.9 Å². The van der Waals surface area contributed by atoms with E-state index in [2.05, 4.69) is 11.8 Å². The van der Waals surface area contributed by atoms with E-state index in [4.69, 9.17) is 0 Å². The van der Waals surface area contributed by atoms with Gasteiger partial charge in [0.25, 0.3) is 0 Å². The third kappa shape index (κ3) is 2.73. The quantitative estimate of drug-likeness (QED) is 0.758. The Kier molecular flexibility index (Phi) is 4.04. The zero-order valence-corrected chi connectivity index (χ0v) is 9.99. The largest absolute Gasteiger partial charge is 0.393 e. The third-order valence-corrected chi connectivity index (χ3v) is 4.31. The van der Waals surface area contributed by atoms with E-state index in [1.54, 1.807) is 0 Å². The Morgan fingerprint density at radius 1 is 1.13 bits per heavy atom. The van der Waals surface area contributed by atoms with Gasteiger partial charge < -0.3 is 10.0 Å². The predicted molar refractivity (Wildman–Crippen MR) is 62.9 cm³/mol.